The summed E-state index contributed by atoms with van der Waals surface area (Å²) in [6.07, 6.45) is 0.710. The van der Waals surface area contributed by atoms with E-state index in [2.05, 4.69) is 17.1 Å². The molecule has 0 bridgehead atoms. The van der Waals surface area contributed by atoms with Gasteiger partial charge in [0, 0.05) is 30.6 Å². The second-order valence-corrected chi connectivity index (χ2v) is 11.2. The highest BCUT2D eigenvalue weighted by Crippen LogP contribution is 2.38. The van der Waals surface area contributed by atoms with E-state index in [-0.39, 0.29) is 10.5 Å². The number of ether oxygens (including phenoxy) is 1. The lowest BCUT2D eigenvalue weighted by atomic mass is 10.0. The zero-order chi connectivity index (χ0) is 25.2. The molecule has 0 saturated carbocycles. The van der Waals surface area contributed by atoms with Crippen LogP contribution in [0.4, 0.5) is 10.7 Å². The number of methoxy groups -OCH3 is 1. The van der Waals surface area contributed by atoms with Gasteiger partial charge in [-0.2, -0.15) is 0 Å². The zero-order valence-electron chi connectivity index (χ0n) is 19.8. The van der Waals surface area contributed by atoms with Gasteiger partial charge >= 0.3 is 5.97 Å². The van der Waals surface area contributed by atoms with E-state index in [0.29, 0.717) is 22.7 Å². The second kappa shape index (κ2) is 10.2. The van der Waals surface area contributed by atoms with Crippen molar-refractivity contribution in [2.24, 2.45) is 0 Å². The van der Waals surface area contributed by atoms with Crippen LogP contribution in [-0.4, -0.2) is 52.4 Å². The molecule has 0 spiro atoms. The number of rotatable bonds is 7. The highest BCUT2D eigenvalue weighted by atomic mass is 32.2. The summed E-state index contributed by atoms with van der Waals surface area (Å²) < 4.78 is 32.2. The summed E-state index contributed by atoms with van der Waals surface area (Å²) in [5.41, 5.74) is 2.14. The average molecular weight is 514 g/mol. The quantitative estimate of drug-likeness (QED) is 0.480. The predicted molar refractivity (Wildman–Crippen MR) is 137 cm³/mol. The van der Waals surface area contributed by atoms with Gasteiger partial charge in [0.2, 0.25) is 0 Å². The molecular weight excluding hydrogens is 486 g/mol. The first-order chi connectivity index (χ1) is 16.8. The Morgan fingerprint density at radius 3 is 2.43 bits per heavy atom. The molecule has 2 aromatic carbocycles. The molecular formula is C25H27N3O5S2. The highest BCUT2D eigenvalue weighted by molar-refractivity contribution is 7.92. The Hall–Kier alpha value is -3.21. The van der Waals surface area contributed by atoms with E-state index in [0.717, 1.165) is 30.1 Å². The summed E-state index contributed by atoms with van der Waals surface area (Å²) in [5.74, 6) is -0.908. The number of nitrogens with zero attached hydrogens (tertiary/aromatic N) is 2. The molecule has 1 N–H and O–H groups in total. The lowest BCUT2D eigenvalue weighted by molar-refractivity contribution is 0.0600. The maximum atomic E-state index is 13.0. The smallest absolute Gasteiger partial charge is 0.341 e. The number of hydrogen-bond donors (Lipinski definition) is 1. The molecule has 3 aromatic rings. The van der Waals surface area contributed by atoms with Crippen LogP contribution < -0.4 is 9.62 Å². The van der Waals surface area contributed by atoms with Crippen LogP contribution in [0, 0.1) is 0 Å². The predicted octanol–water partition coefficient (Wildman–Crippen LogP) is 3.99. The minimum atomic E-state index is -3.79. The Kier molecular flexibility index (Phi) is 7.25. The van der Waals surface area contributed by atoms with E-state index in [9.17, 15) is 18.0 Å². The average Bonchev–Trinajstić information content (AvgIpc) is 3.25. The Morgan fingerprint density at radius 2 is 1.80 bits per heavy atom. The number of carbonyl (C=O) groups is 2. The van der Waals surface area contributed by atoms with Crippen molar-refractivity contribution in [3.05, 3.63) is 76.2 Å². The normalized spacial score (nSPS) is 13.7. The molecule has 8 nitrogen and oxygen atoms in total. The Morgan fingerprint density at radius 1 is 1.11 bits per heavy atom. The molecule has 0 aliphatic carbocycles. The van der Waals surface area contributed by atoms with Gasteiger partial charge in [0.25, 0.3) is 15.9 Å². The number of amides is 1. The number of likely N-dealkylation sites (N-methyl/N-ethyl adjacent to an activating group) is 1. The SMILES string of the molecule is CCN1CCc2c(sc(NC(=O)c3ccc(S(=O)(=O)N(C)c4ccccc4)cc3)c2C(=O)OC)C1. The number of thiophene rings is 1. The van der Waals surface area contributed by atoms with Crippen LogP contribution in [0.3, 0.4) is 0 Å². The molecule has 0 fully saturated rings. The molecule has 0 saturated heterocycles. The molecule has 4 rings (SSSR count). The number of anilines is 2. The molecule has 1 aliphatic heterocycles. The van der Waals surface area contributed by atoms with Crippen molar-refractivity contribution in [2.75, 3.05) is 36.9 Å². The van der Waals surface area contributed by atoms with Crippen molar-refractivity contribution in [1.82, 2.24) is 4.90 Å². The van der Waals surface area contributed by atoms with Gasteiger partial charge in [0.1, 0.15) is 5.00 Å². The fraction of sp³-hybridized carbons (Fsp3) is 0.280. The molecule has 0 unspecified atom stereocenters. The summed E-state index contributed by atoms with van der Waals surface area (Å²) in [4.78, 5) is 28.9. The van der Waals surface area contributed by atoms with Crippen LogP contribution in [0.1, 0.15) is 38.1 Å². The fourth-order valence-electron chi connectivity index (χ4n) is 4.02. The third-order valence-corrected chi connectivity index (χ3v) is 9.03. The van der Waals surface area contributed by atoms with Crippen LogP contribution in [0.15, 0.2) is 59.5 Å². The van der Waals surface area contributed by atoms with Crippen molar-refractivity contribution >= 4 is 43.9 Å². The molecule has 35 heavy (non-hydrogen) atoms. The third kappa shape index (κ3) is 4.95. The van der Waals surface area contributed by atoms with Gasteiger partial charge in [0.05, 0.1) is 23.3 Å². The van der Waals surface area contributed by atoms with Gasteiger partial charge in [-0.3, -0.25) is 14.0 Å². The van der Waals surface area contributed by atoms with E-state index >= 15 is 0 Å². The van der Waals surface area contributed by atoms with E-state index in [4.69, 9.17) is 4.74 Å². The minimum Gasteiger partial charge on any atom is -0.465 e. The van der Waals surface area contributed by atoms with Gasteiger partial charge in [-0.15, -0.1) is 11.3 Å². The molecule has 0 atom stereocenters. The highest BCUT2D eigenvalue weighted by Gasteiger charge is 2.29. The maximum absolute atomic E-state index is 13.0. The Labute approximate surface area is 209 Å². The standard InChI is InChI=1S/C25H27N3O5S2/c1-4-28-15-14-20-21(16-28)34-24(22(20)25(30)33-3)26-23(29)17-10-12-19(13-11-17)35(31,32)27(2)18-8-6-5-7-9-18/h5-13H,4,14-16H2,1-3H3,(H,26,29). The van der Waals surface area contributed by atoms with Gasteiger partial charge in [-0.05, 0) is 54.9 Å². The number of nitrogens with one attached hydrogen (secondary N) is 1. The second-order valence-electron chi connectivity index (χ2n) is 8.10. The third-order valence-electron chi connectivity index (χ3n) is 6.09. The van der Waals surface area contributed by atoms with Crippen molar-refractivity contribution in [1.29, 1.82) is 0 Å². The van der Waals surface area contributed by atoms with Gasteiger partial charge in [-0.1, -0.05) is 25.1 Å². The Balaban J connectivity index is 1.56. The maximum Gasteiger partial charge on any atom is 0.341 e. The molecule has 1 aliphatic rings. The van der Waals surface area contributed by atoms with Crippen LogP contribution in [0.5, 0.6) is 0 Å². The topological polar surface area (TPSA) is 96.0 Å². The Bertz CT molecular complexity index is 1340. The van der Waals surface area contributed by atoms with Crippen molar-refractivity contribution in [3.63, 3.8) is 0 Å². The van der Waals surface area contributed by atoms with Crippen LogP contribution in [0.2, 0.25) is 0 Å². The monoisotopic (exact) mass is 513 g/mol. The van der Waals surface area contributed by atoms with E-state index < -0.39 is 21.9 Å². The molecule has 1 amide bonds. The molecule has 1 aromatic heterocycles. The van der Waals surface area contributed by atoms with Gasteiger partial charge in [-0.25, -0.2) is 13.2 Å². The van der Waals surface area contributed by atoms with Crippen LogP contribution >= 0.6 is 11.3 Å². The number of hydrogen-bond acceptors (Lipinski definition) is 7. The first-order valence-corrected chi connectivity index (χ1v) is 13.4. The number of fused-ring (bicyclic) bond motifs is 1. The summed E-state index contributed by atoms with van der Waals surface area (Å²) in [7, 11) is -0.979. The molecule has 2 heterocycles. The summed E-state index contributed by atoms with van der Waals surface area (Å²) in [6, 6.07) is 14.5. The first kappa shape index (κ1) is 24.9. The van der Waals surface area contributed by atoms with Gasteiger partial charge < -0.3 is 10.1 Å². The van der Waals surface area contributed by atoms with Crippen LogP contribution in [0.25, 0.3) is 0 Å². The van der Waals surface area contributed by atoms with E-state index in [1.54, 1.807) is 24.3 Å². The molecule has 10 heteroatoms. The lowest BCUT2D eigenvalue weighted by Gasteiger charge is -2.25. The minimum absolute atomic E-state index is 0.0712. The number of benzene rings is 2. The van der Waals surface area contributed by atoms with Crippen molar-refractivity contribution in [3.8, 4) is 0 Å². The summed E-state index contributed by atoms with van der Waals surface area (Å²) in [5, 5.41) is 3.29. The van der Waals surface area contributed by atoms with E-state index in [1.165, 1.54) is 54.1 Å². The lowest BCUT2D eigenvalue weighted by Crippen LogP contribution is -2.29. The number of esters is 1. The largest absolute Gasteiger partial charge is 0.465 e. The zero-order valence-corrected chi connectivity index (χ0v) is 21.4. The number of sulfonamides is 1. The van der Waals surface area contributed by atoms with Crippen LogP contribution in [-0.2, 0) is 27.7 Å². The first-order valence-electron chi connectivity index (χ1n) is 11.2. The summed E-state index contributed by atoms with van der Waals surface area (Å²) >= 11 is 1.38. The fourth-order valence-corrected chi connectivity index (χ4v) is 6.49. The number of para-hydroxylation sites is 1. The number of carbonyl (C=O) groups excluding carboxylic acids is 2. The molecule has 184 valence electrons. The van der Waals surface area contributed by atoms with Crippen molar-refractivity contribution in [2.45, 2.75) is 24.8 Å². The summed E-state index contributed by atoms with van der Waals surface area (Å²) in [6.45, 7) is 4.55. The molecule has 0 radical (unpaired) electrons. The van der Waals surface area contributed by atoms with Gasteiger partial charge in [0.15, 0.2) is 0 Å². The van der Waals surface area contributed by atoms with Crippen molar-refractivity contribution < 1.29 is 22.7 Å². The van der Waals surface area contributed by atoms with E-state index in [1.807, 2.05) is 6.07 Å².